The van der Waals surface area contributed by atoms with Crippen molar-refractivity contribution in [3.8, 4) is 0 Å². The van der Waals surface area contributed by atoms with Gasteiger partial charge in [-0.05, 0) is 113 Å². The molecule has 1 heterocycles. The molecule has 1 N–H and O–H groups in total. The molecule has 240 valence electrons. The Bertz CT molecular complexity index is 1340. The minimum absolute atomic E-state index is 0.0535. The van der Waals surface area contributed by atoms with Gasteiger partial charge in [0, 0.05) is 11.8 Å². The Morgan fingerprint density at radius 1 is 0.886 bits per heavy atom. The van der Waals surface area contributed by atoms with E-state index < -0.39 is 28.0 Å². The molecule has 8 atom stereocenters. The molecule has 8 saturated carbocycles. The van der Waals surface area contributed by atoms with Gasteiger partial charge in [0.05, 0.1) is 34.9 Å². The predicted octanol–water partition coefficient (Wildman–Crippen LogP) is 5.68. The summed E-state index contributed by atoms with van der Waals surface area (Å²) in [7, 11) is 0. The minimum Gasteiger partial charge on any atom is -0.481 e. The highest BCUT2D eigenvalue weighted by Gasteiger charge is 2.89. The van der Waals surface area contributed by atoms with E-state index in [9.17, 15) is 19.5 Å². The summed E-state index contributed by atoms with van der Waals surface area (Å²) >= 11 is 0. The molecule has 0 aromatic rings. The molecule has 44 heavy (non-hydrogen) atoms. The van der Waals surface area contributed by atoms with Crippen molar-refractivity contribution in [3.63, 3.8) is 0 Å². The zero-order valence-corrected chi connectivity index (χ0v) is 26.4. The molecule has 0 amide bonds. The number of carboxylic acid groups (broad SMARTS) is 1. The van der Waals surface area contributed by atoms with Crippen molar-refractivity contribution in [3.05, 3.63) is 11.6 Å². The summed E-state index contributed by atoms with van der Waals surface area (Å²) in [4.78, 5) is 39.8. The van der Waals surface area contributed by atoms with Crippen molar-refractivity contribution in [1.82, 2.24) is 0 Å². The highest BCUT2D eigenvalue weighted by atomic mass is 16.7. The number of carboxylic acids is 1. The van der Waals surface area contributed by atoms with Crippen LogP contribution in [0.5, 0.6) is 0 Å². The molecule has 0 aromatic carbocycles. The van der Waals surface area contributed by atoms with Crippen molar-refractivity contribution in [2.24, 2.45) is 62.6 Å². The van der Waals surface area contributed by atoms with Crippen LogP contribution >= 0.6 is 0 Å². The minimum atomic E-state index is -0.783. The van der Waals surface area contributed by atoms with Gasteiger partial charge in [0.2, 0.25) is 0 Å². The van der Waals surface area contributed by atoms with E-state index in [0.29, 0.717) is 30.1 Å². The zero-order valence-electron chi connectivity index (χ0n) is 26.4. The van der Waals surface area contributed by atoms with Crippen LogP contribution in [0.4, 0.5) is 0 Å². The van der Waals surface area contributed by atoms with Crippen molar-refractivity contribution >= 4 is 17.9 Å². The first-order valence-electron chi connectivity index (χ1n) is 17.5. The van der Waals surface area contributed by atoms with Gasteiger partial charge in [-0.3, -0.25) is 14.4 Å². The largest absolute Gasteiger partial charge is 0.481 e. The van der Waals surface area contributed by atoms with E-state index in [1.165, 1.54) is 12.0 Å². The molecule has 0 radical (unpaired) electrons. The monoisotopic (exact) mass is 608 g/mol. The lowest BCUT2D eigenvalue weighted by molar-refractivity contribution is -0.466. The van der Waals surface area contributed by atoms with Crippen molar-refractivity contribution < 1.29 is 38.4 Å². The average molecular weight is 609 g/mol. The van der Waals surface area contributed by atoms with Crippen molar-refractivity contribution in [2.45, 2.75) is 103 Å². The summed E-state index contributed by atoms with van der Waals surface area (Å²) in [5.74, 6) is 0.622. The summed E-state index contributed by atoms with van der Waals surface area (Å²) < 4.78 is 25.9. The molecule has 0 aromatic heterocycles. The molecule has 1 saturated heterocycles. The molecule has 1 aliphatic heterocycles. The second-order valence-corrected chi connectivity index (χ2v) is 17.7. The third kappa shape index (κ3) is 3.51. The molecule has 8 heteroatoms. The first-order valence-corrected chi connectivity index (χ1v) is 17.5. The maximum atomic E-state index is 13.8. The van der Waals surface area contributed by atoms with Crippen LogP contribution in [0.25, 0.3) is 0 Å². The van der Waals surface area contributed by atoms with Crippen LogP contribution in [-0.2, 0) is 33.3 Å². The highest BCUT2D eigenvalue weighted by molar-refractivity contribution is 5.79. The number of fused-ring (bicyclic) bond motifs is 7. The number of carbonyl (C=O) groups excluding carboxylic acids is 2. The fraction of sp³-hybridized carbons (Fsp3) is 0.861. The van der Waals surface area contributed by atoms with Gasteiger partial charge in [-0.25, -0.2) is 0 Å². The molecular weight excluding hydrogens is 560 g/mol. The molecule has 10 aliphatic rings. The summed E-state index contributed by atoms with van der Waals surface area (Å²) in [6.07, 6.45) is 13.9. The number of hydrogen-bond donors (Lipinski definition) is 1. The highest BCUT2D eigenvalue weighted by Crippen LogP contribution is 2.88. The second-order valence-electron chi connectivity index (χ2n) is 17.7. The lowest BCUT2D eigenvalue weighted by Crippen LogP contribution is -2.79. The van der Waals surface area contributed by atoms with Gasteiger partial charge in [0.15, 0.2) is 5.79 Å². The second kappa shape index (κ2) is 8.90. The van der Waals surface area contributed by atoms with Crippen molar-refractivity contribution in [2.75, 3.05) is 26.4 Å². The van der Waals surface area contributed by atoms with E-state index >= 15 is 0 Å². The number of aliphatic carboxylic acids is 1. The maximum absolute atomic E-state index is 13.8. The summed E-state index contributed by atoms with van der Waals surface area (Å²) in [6, 6.07) is 0. The smallest absolute Gasteiger partial charge is 0.312 e. The van der Waals surface area contributed by atoms with E-state index in [0.717, 1.165) is 70.6 Å². The fourth-order valence-corrected chi connectivity index (χ4v) is 13.2. The number of ether oxygens (including phenoxy) is 4. The van der Waals surface area contributed by atoms with Crippen LogP contribution in [0.3, 0.4) is 0 Å². The molecule has 2 spiro atoms. The third-order valence-electron chi connectivity index (χ3n) is 14.8. The topological polar surface area (TPSA) is 108 Å². The lowest BCUT2D eigenvalue weighted by atomic mass is 9.35. The first kappa shape index (κ1) is 28.3. The van der Waals surface area contributed by atoms with E-state index in [2.05, 4.69) is 19.9 Å². The van der Waals surface area contributed by atoms with Crippen LogP contribution < -0.4 is 0 Å². The first-order chi connectivity index (χ1) is 21.0. The number of rotatable bonds is 7. The number of hydrogen-bond acceptors (Lipinski definition) is 7. The standard InChI is InChI=1S/C36H48O8/c1-21-6-23-4-3-5-32(9-21,11-23)29(39)41-17-31(18-42-30(40)33-10-22(2)7-24(12-33)13-33)19-43-36(44-20-31)26-8-25-14-34(28(37)38)15-27(36)35(25,26)16-34/h6,21-22,24-27H,3-5,7-20H2,1-2H3,(H,37,38). The Hall–Kier alpha value is -1.93. The Morgan fingerprint density at radius 2 is 1.61 bits per heavy atom. The zero-order chi connectivity index (χ0) is 30.3. The summed E-state index contributed by atoms with van der Waals surface area (Å²) in [5.41, 5.74) is -0.822. The fourth-order valence-electron chi connectivity index (χ4n) is 13.2. The van der Waals surface area contributed by atoms with Gasteiger partial charge in [0.25, 0.3) is 0 Å². The van der Waals surface area contributed by atoms with E-state index in [-0.39, 0.29) is 61.0 Å². The number of esters is 2. The Kier molecular flexibility index (Phi) is 5.73. The van der Waals surface area contributed by atoms with E-state index in [4.69, 9.17) is 18.9 Å². The molecule has 9 aliphatic carbocycles. The molecule has 10 rings (SSSR count). The quantitative estimate of drug-likeness (QED) is 0.291. The molecule has 8 unspecified atom stereocenters. The van der Waals surface area contributed by atoms with Crippen LogP contribution in [-0.4, -0.2) is 55.2 Å². The van der Waals surface area contributed by atoms with Crippen LogP contribution in [0.2, 0.25) is 0 Å². The van der Waals surface area contributed by atoms with Gasteiger partial charge >= 0.3 is 17.9 Å². The van der Waals surface area contributed by atoms with E-state index in [1.807, 2.05) is 0 Å². The number of carbonyl (C=O) groups is 3. The van der Waals surface area contributed by atoms with Crippen LogP contribution in [0.15, 0.2) is 11.6 Å². The van der Waals surface area contributed by atoms with Crippen LogP contribution in [0, 0.1) is 62.6 Å². The average Bonchev–Trinajstić information content (AvgIpc) is 3.47. The lowest BCUT2D eigenvalue weighted by Gasteiger charge is -2.76. The SMILES string of the molecule is CC1C=C2CCCC(C(=O)OCC3(COC(=O)C45CC(C)CC(C4)C5)COC4(OC3)C3CC5CC6(C(=O)O)CC4C53C6)(C2)C1. The number of allylic oxidation sites excluding steroid dienone is 2. The normalized spacial score (nSPS) is 53.8. The molecular formula is C36H48O8. The molecule has 8 nitrogen and oxygen atoms in total. The Labute approximate surface area is 260 Å². The predicted molar refractivity (Wildman–Crippen MR) is 157 cm³/mol. The van der Waals surface area contributed by atoms with Gasteiger partial charge in [-0.2, -0.15) is 0 Å². The third-order valence-corrected chi connectivity index (χ3v) is 14.8. The van der Waals surface area contributed by atoms with Gasteiger partial charge in [-0.1, -0.05) is 25.5 Å². The van der Waals surface area contributed by atoms with Crippen molar-refractivity contribution in [1.29, 1.82) is 0 Å². The van der Waals surface area contributed by atoms with Gasteiger partial charge in [-0.15, -0.1) is 0 Å². The van der Waals surface area contributed by atoms with Gasteiger partial charge < -0.3 is 24.1 Å². The van der Waals surface area contributed by atoms with E-state index in [1.54, 1.807) is 0 Å². The summed E-state index contributed by atoms with van der Waals surface area (Å²) in [6.45, 7) is 5.18. The summed E-state index contributed by atoms with van der Waals surface area (Å²) in [5, 5.41) is 10.2. The maximum Gasteiger partial charge on any atom is 0.312 e. The molecule has 6 bridgehead atoms. The van der Waals surface area contributed by atoms with Crippen LogP contribution in [0.1, 0.15) is 97.3 Å². The molecule has 9 fully saturated rings. The Balaban J connectivity index is 0.930. The Morgan fingerprint density at radius 3 is 2.32 bits per heavy atom. The van der Waals surface area contributed by atoms with Gasteiger partial charge in [0.1, 0.15) is 13.2 Å².